The Morgan fingerprint density at radius 1 is 1.10 bits per heavy atom. The molecule has 0 amide bonds. The van der Waals surface area contributed by atoms with Crippen molar-refractivity contribution in [3.8, 4) is 0 Å². The molecule has 1 heterocycles. The van der Waals surface area contributed by atoms with Gasteiger partial charge in [-0.15, -0.1) is 11.6 Å². The lowest BCUT2D eigenvalue weighted by atomic mass is 10.2. The molecule has 0 radical (unpaired) electrons. The Labute approximate surface area is 123 Å². The standard InChI is InChI=1S/C14H15ClN2O2S/c15-11-12-5-1-2-7-14(12)17-20(18,19)10-8-13-6-3-4-9-16-13/h1-7,9,17H,8,10-11H2. The van der Waals surface area contributed by atoms with E-state index in [2.05, 4.69) is 9.71 Å². The van der Waals surface area contributed by atoms with Gasteiger partial charge in [-0.25, -0.2) is 8.42 Å². The molecule has 0 unspecified atom stereocenters. The first-order valence-electron chi connectivity index (χ1n) is 6.15. The fraction of sp³-hybridized carbons (Fsp3) is 0.214. The van der Waals surface area contributed by atoms with Gasteiger partial charge in [0.25, 0.3) is 0 Å². The summed E-state index contributed by atoms with van der Waals surface area (Å²) < 4.78 is 26.7. The summed E-state index contributed by atoms with van der Waals surface area (Å²) in [6, 6.07) is 12.5. The number of hydrogen-bond donors (Lipinski definition) is 1. The number of hydrogen-bond acceptors (Lipinski definition) is 3. The maximum absolute atomic E-state index is 12.1. The largest absolute Gasteiger partial charge is 0.283 e. The van der Waals surface area contributed by atoms with Gasteiger partial charge in [-0.1, -0.05) is 24.3 Å². The number of anilines is 1. The highest BCUT2D eigenvalue weighted by Crippen LogP contribution is 2.18. The van der Waals surface area contributed by atoms with Crippen molar-refractivity contribution in [2.24, 2.45) is 0 Å². The lowest BCUT2D eigenvalue weighted by Gasteiger charge is -2.10. The van der Waals surface area contributed by atoms with Gasteiger partial charge in [0, 0.05) is 24.2 Å². The minimum absolute atomic E-state index is 0.0133. The predicted octanol–water partition coefficient (Wildman–Crippen LogP) is 2.80. The summed E-state index contributed by atoms with van der Waals surface area (Å²) in [4.78, 5) is 4.11. The first kappa shape index (κ1) is 14.8. The molecule has 6 heteroatoms. The quantitative estimate of drug-likeness (QED) is 0.835. The fourth-order valence-corrected chi connectivity index (χ4v) is 3.09. The average Bonchev–Trinajstić information content (AvgIpc) is 2.47. The molecule has 0 aliphatic heterocycles. The molecule has 1 aromatic heterocycles. The topological polar surface area (TPSA) is 59.1 Å². The maximum atomic E-state index is 12.1. The summed E-state index contributed by atoms with van der Waals surface area (Å²) >= 11 is 5.79. The molecule has 0 saturated carbocycles. The van der Waals surface area contributed by atoms with E-state index in [9.17, 15) is 8.42 Å². The van der Waals surface area contributed by atoms with Crippen molar-refractivity contribution in [2.75, 3.05) is 10.5 Å². The Morgan fingerprint density at radius 2 is 1.85 bits per heavy atom. The van der Waals surface area contributed by atoms with Crippen LogP contribution in [-0.2, 0) is 22.3 Å². The fourth-order valence-electron chi connectivity index (χ4n) is 1.74. The number of sulfonamides is 1. The van der Waals surface area contributed by atoms with Crippen molar-refractivity contribution in [1.29, 1.82) is 0 Å². The third-order valence-electron chi connectivity index (χ3n) is 2.78. The molecule has 0 spiro atoms. The van der Waals surface area contributed by atoms with Crippen LogP contribution in [0.25, 0.3) is 0 Å². The second-order valence-electron chi connectivity index (χ2n) is 4.28. The first-order chi connectivity index (χ1) is 9.61. The van der Waals surface area contributed by atoms with Crippen LogP contribution in [0.1, 0.15) is 11.3 Å². The third-order valence-corrected chi connectivity index (χ3v) is 4.34. The summed E-state index contributed by atoms with van der Waals surface area (Å²) in [5, 5.41) is 0. The van der Waals surface area contributed by atoms with Crippen LogP contribution in [0.2, 0.25) is 0 Å². The Bertz CT molecular complexity index is 660. The number of nitrogens with zero attached hydrogens (tertiary/aromatic N) is 1. The van der Waals surface area contributed by atoms with E-state index >= 15 is 0 Å². The van der Waals surface area contributed by atoms with Crippen LogP contribution in [0.15, 0.2) is 48.7 Å². The molecular formula is C14H15ClN2O2S. The van der Waals surface area contributed by atoms with Gasteiger partial charge in [-0.3, -0.25) is 9.71 Å². The second-order valence-corrected chi connectivity index (χ2v) is 6.39. The monoisotopic (exact) mass is 310 g/mol. The van der Waals surface area contributed by atoms with Gasteiger partial charge in [0.2, 0.25) is 10.0 Å². The minimum atomic E-state index is -3.41. The summed E-state index contributed by atoms with van der Waals surface area (Å²) in [5.74, 6) is 0.250. The van der Waals surface area contributed by atoms with E-state index in [1.165, 1.54) is 0 Å². The summed E-state index contributed by atoms with van der Waals surface area (Å²) in [7, 11) is -3.41. The van der Waals surface area contributed by atoms with Gasteiger partial charge < -0.3 is 0 Å². The van der Waals surface area contributed by atoms with Gasteiger partial charge in [0.1, 0.15) is 0 Å². The number of halogens is 1. The van der Waals surface area contributed by atoms with Crippen LogP contribution < -0.4 is 4.72 Å². The normalized spacial score (nSPS) is 11.2. The smallest absolute Gasteiger partial charge is 0.233 e. The number of rotatable bonds is 6. The van der Waals surface area contributed by atoms with Gasteiger partial charge in [-0.05, 0) is 23.8 Å². The van der Waals surface area contributed by atoms with Gasteiger partial charge in [-0.2, -0.15) is 0 Å². The number of benzene rings is 1. The molecule has 0 atom stereocenters. The molecule has 20 heavy (non-hydrogen) atoms. The number of aryl methyl sites for hydroxylation is 1. The Balaban J connectivity index is 2.04. The summed E-state index contributed by atoms with van der Waals surface area (Å²) in [5.41, 5.74) is 2.04. The molecule has 4 nitrogen and oxygen atoms in total. The number of nitrogens with one attached hydrogen (secondary N) is 1. The van der Waals surface area contributed by atoms with Crippen molar-refractivity contribution in [3.63, 3.8) is 0 Å². The van der Waals surface area contributed by atoms with Crippen molar-refractivity contribution in [3.05, 3.63) is 59.9 Å². The zero-order valence-electron chi connectivity index (χ0n) is 10.8. The Kier molecular flexibility index (Phi) is 4.98. The zero-order valence-corrected chi connectivity index (χ0v) is 12.4. The van der Waals surface area contributed by atoms with Crippen molar-refractivity contribution in [2.45, 2.75) is 12.3 Å². The van der Waals surface area contributed by atoms with E-state index in [1.807, 2.05) is 18.2 Å². The van der Waals surface area contributed by atoms with E-state index in [-0.39, 0.29) is 11.6 Å². The second kappa shape index (κ2) is 6.72. The molecule has 0 aliphatic rings. The summed E-state index contributed by atoms with van der Waals surface area (Å²) in [6.07, 6.45) is 2.03. The Morgan fingerprint density at radius 3 is 2.55 bits per heavy atom. The van der Waals surface area contributed by atoms with Crippen molar-refractivity contribution < 1.29 is 8.42 Å². The van der Waals surface area contributed by atoms with E-state index in [0.717, 1.165) is 11.3 Å². The summed E-state index contributed by atoms with van der Waals surface area (Å²) in [6.45, 7) is 0. The average molecular weight is 311 g/mol. The molecule has 0 aliphatic carbocycles. The lowest BCUT2D eigenvalue weighted by Crippen LogP contribution is -2.19. The molecule has 1 N–H and O–H groups in total. The van der Waals surface area contributed by atoms with Crippen LogP contribution in [-0.4, -0.2) is 19.2 Å². The van der Waals surface area contributed by atoms with E-state index in [1.54, 1.807) is 30.5 Å². The van der Waals surface area contributed by atoms with E-state index in [4.69, 9.17) is 11.6 Å². The Hall–Kier alpha value is -1.59. The van der Waals surface area contributed by atoms with Crippen LogP contribution in [0.4, 0.5) is 5.69 Å². The molecular weight excluding hydrogens is 296 g/mol. The van der Waals surface area contributed by atoms with E-state index < -0.39 is 10.0 Å². The molecule has 2 aromatic rings. The zero-order chi connectivity index (χ0) is 14.4. The number of aromatic nitrogens is 1. The van der Waals surface area contributed by atoms with Gasteiger partial charge in [0.15, 0.2) is 0 Å². The van der Waals surface area contributed by atoms with Crippen LogP contribution in [0.5, 0.6) is 0 Å². The van der Waals surface area contributed by atoms with Gasteiger partial charge in [0.05, 0.1) is 11.4 Å². The third kappa shape index (κ3) is 4.21. The van der Waals surface area contributed by atoms with Gasteiger partial charge >= 0.3 is 0 Å². The van der Waals surface area contributed by atoms with E-state index in [0.29, 0.717) is 12.1 Å². The lowest BCUT2D eigenvalue weighted by molar-refractivity contribution is 0.600. The van der Waals surface area contributed by atoms with Crippen LogP contribution in [0, 0.1) is 0 Å². The number of pyridine rings is 1. The van der Waals surface area contributed by atoms with Crippen LogP contribution in [0.3, 0.4) is 0 Å². The minimum Gasteiger partial charge on any atom is -0.283 e. The SMILES string of the molecule is O=S(=O)(CCc1ccccn1)Nc1ccccc1CCl. The molecule has 106 valence electrons. The number of alkyl halides is 1. The molecule has 0 bridgehead atoms. The highest BCUT2D eigenvalue weighted by molar-refractivity contribution is 7.92. The molecule has 0 fully saturated rings. The predicted molar refractivity (Wildman–Crippen MR) is 81.3 cm³/mol. The number of para-hydroxylation sites is 1. The maximum Gasteiger partial charge on any atom is 0.233 e. The highest BCUT2D eigenvalue weighted by Gasteiger charge is 2.13. The molecule has 0 saturated heterocycles. The first-order valence-corrected chi connectivity index (χ1v) is 8.34. The van der Waals surface area contributed by atoms with Crippen molar-refractivity contribution in [1.82, 2.24) is 4.98 Å². The van der Waals surface area contributed by atoms with Crippen molar-refractivity contribution >= 4 is 27.3 Å². The molecule has 1 aromatic carbocycles. The van der Waals surface area contributed by atoms with Crippen LogP contribution >= 0.6 is 11.6 Å². The molecule has 2 rings (SSSR count). The highest BCUT2D eigenvalue weighted by atomic mass is 35.5.